The maximum absolute atomic E-state index is 12.0. The highest BCUT2D eigenvalue weighted by molar-refractivity contribution is 5.75. The first-order valence-corrected chi connectivity index (χ1v) is 6.55. The van der Waals surface area contributed by atoms with Crippen LogP contribution in [0.5, 0.6) is 0 Å². The van der Waals surface area contributed by atoms with Crippen molar-refractivity contribution in [2.45, 2.75) is 39.4 Å². The molecular weight excluding hydrogens is 244 g/mol. The van der Waals surface area contributed by atoms with Crippen molar-refractivity contribution < 1.29 is 4.79 Å². The van der Waals surface area contributed by atoms with Crippen molar-refractivity contribution in [3.63, 3.8) is 0 Å². The number of carbonyl (C=O) groups is 1. The Hall–Kier alpha value is -1.69. The van der Waals surface area contributed by atoms with Crippen LogP contribution in [0.15, 0.2) is 10.9 Å². The smallest absolute Gasteiger partial charge is 0.267 e. The second-order valence-electron chi connectivity index (χ2n) is 5.14. The zero-order valence-corrected chi connectivity index (χ0v) is 11.6. The van der Waals surface area contributed by atoms with E-state index in [2.05, 4.69) is 10.4 Å². The molecule has 19 heavy (non-hydrogen) atoms. The molecule has 0 saturated carbocycles. The van der Waals surface area contributed by atoms with E-state index in [1.54, 1.807) is 18.0 Å². The van der Waals surface area contributed by atoms with E-state index in [4.69, 9.17) is 0 Å². The molecule has 0 bridgehead atoms. The van der Waals surface area contributed by atoms with Crippen molar-refractivity contribution in [3.8, 4) is 0 Å². The second-order valence-corrected chi connectivity index (χ2v) is 5.14. The Balaban J connectivity index is 2.21. The third kappa shape index (κ3) is 3.01. The highest BCUT2D eigenvalue weighted by Crippen LogP contribution is 2.07. The number of rotatable bonds is 3. The number of hydrogen-bond donors (Lipinski definition) is 1. The molecule has 0 aromatic carbocycles. The molecule has 0 saturated heterocycles. The first-order valence-electron chi connectivity index (χ1n) is 6.55. The Bertz CT molecular complexity index is 536. The zero-order valence-electron chi connectivity index (χ0n) is 11.6. The van der Waals surface area contributed by atoms with Crippen LogP contribution in [0.25, 0.3) is 0 Å². The molecule has 1 aliphatic rings. The number of nitrogens with zero attached hydrogens (tertiary/aromatic N) is 3. The van der Waals surface area contributed by atoms with E-state index >= 15 is 0 Å². The maximum atomic E-state index is 12.0. The molecule has 1 aliphatic heterocycles. The molecule has 1 aromatic rings. The van der Waals surface area contributed by atoms with Crippen molar-refractivity contribution >= 4 is 5.91 Å². The number of nitrogens with one attached hydrogen (secondary N) is 1. The van der Waals surface area contributed by atoms with Gasteiger partial charge in [-0.1, -0.05) is 0 Å². The van der Waals surface area contributed by atoms with Gasteiger partial charge in [-0.3, -0.25) is 9.59 Å². The molecule has 104 valence electrons. The maximum Gasteiger partial charge on any atom is 0.267 e. The molecule has 2 rings (SSSR count). The van der Waals surface area contributed by atoms with Crippen LogP contribution in [0, 0.1) is 0 Å². The van der Waals surface area contributed by atoms with Gasteiger partial charge in [0.1, 0.15) is 6.54 Å². The average molecular weight is 264 g/mol. The van der Waals surface area contributed by atoms with Crippen molar-refractivity contribution in [1.82, 2.24) is 20.0 Å². The van der Waals surface area contributed by atoms with Crippen molar-refractivity contribution in [2.24, 2.45) is 0 Å². The van der Waals surface area contributed by atoms with Crippen molar-refractivity contribution in [2.75, 3.05) is 13.6 Å². The van der Waals surface area contributed by atoms with Crippen LogP contribution >= 0.6 is 0 Å². The lowest BCUT2D eigenvalue weighted by atomic mass is 10.1. The predicted octanol–water partition coefficient (Wildman–Crippen LogP) is -0.244. The summed E-state index contributed by atoms with van der Waals surface area (Å²) in [5, 5.41) is 7.51. The van der Waals surface area contributed by atoms with E-state index in [0.717, 1.165) is 24.2 Å². The second kappa shape index (κ2) is 5.52. The Kier molecular flexibility index (Phi) is 3.99. The molecular formula is C13H20N4O2. The third-order valence-electron chi connectivity index (χ3n) is 3.47. The number of hydrogen-bond acceptors (Lipinski definition) is 4. The lowest BCUT2D eigenvalue weighted by Gasteiger charge is -2.22. The fraction of sp³-hybridized carbons (Fsp3) is 0.615. The van der Waals surface area contributed by atoms with E-state index in [1.807, 2.05) is 13.8 Å². The topological polar surface area (TPSA) is 67.2 Å². The van der Waals surface area contributed by atoms with Crippen LogP contribution in [-0.4, -0.2) is 40.2 Å². The molecule has 1 aromatic heterocycles. The average Bonchev–Trinajstić information content (AvgIpc) is 2.38. The molecule has 1 N–H and O–H groups in total. The monoisotopic (exact) mass is 264 g/mol. The standard InChI is InChI=1S/C13H20N4O2/c1-9(2)16(3)13(19)8-17-12(18)6-10-7-14-5-4-11(10)15-17/h6,9,14H,4-5,7-8H2,1-3H3. The minimum absolute atomic E-state index is 0.00816. The Labute approximate surface area is 112 Å². The Morgan fingerprint density at radius 1 is 1.58 bits per heavy atom. The first kappa shape index (κ1) is 13.7. The molecule has 6 nitrogen and oxygen atoms in total. The summed E-state index contributed by atoms with van der Waals surface area (Å²) in [5.74, 6) is -0.0986. The summed E-state index contributed by atoms with van der Waals surface area (Å²) in [4.78, 5) is 25.5. The third-order valence-corrected chi connectivity index (χ3v) is 3.47. The summed E-state index contributed by atoms with van der Waals surface area (Å²) in [5.41, 5.74) is 1.64. The van der Waals surface area contributed by atoms with Crippen LogP contribution in [-0.2, 0) is 24.3 Å². The van der Waals surface area contributed by atoms with Crippen molar-refractivity contribution in [1.29, 1.82) is 0 Å². The first-order chi connectivity index (χ1) is 8.99. The van der Waals surface area contributed by atoms with Crippen LogP contribution in [0.2, 0.25) is 0 Å². The fourth-order valence-corrected chi connectivity index (χ4v) is 2.00. The number of likely N-dealkylation sites (N-methyl/N-ethyl adjacent to an activating group) is 1. The molecule has 0 fully saturated rings. The van der Waals surface area contributed by atoms with Gasteiger partial charge in [0.05, 0.1) is 5.69 Å². The van der Waals surface area contributed by atoms with E-state index in [0.29, 0.717) is 6.54 Å². The molecule has 0 atom stereocenters. The normalized spacial score (nSPS) is 14.3. The highest BCUT2D eigenvalue weighted by Gasteiger charge is 2.17. The van der Waals surface area contributed by atoms with Gasteiger partial charge in [0.25, 0.3) is 5.56 Å². The van der Waals surface area contributed by atoms with Gasteiger partial charge >= 0.3 is 0 Å². The minimum Gasteiger partial charge on any atom is -0.342 e. The number of aromatic nitrogens is 2. The summed E-state index contributed by atoms with van der Waals surface area (Å²) < 4.78 is 1.27. The van der Waals surface area contributed by atoms with Gasteiger partial charge in [-0.05, 0) is 19.4 Å². The lowest BCUT2D eigenvalue weighted by molar-refractivity contribution is -0.132. The summed E-state index contributed by atoms with van der Waals surface area (Å²) in [6.07, 6.45) is 0.795. The van der Waals surface area contributed by atoms with E-state index in [-0.39, 0.29) is 24.1 Å². The largest absolute Gasteiger partial charge is 0.342 e. The SMILES string of the molecule is CC(C)N(C)C(=O)Cn1nc2c(cc1=O)CNCC2. The molecule has 1 amide bonds. The minimum atomic E-state index is -0.215. The van der Waals surface area contributed by atoms with E-state index in [9.17, 15) is 9.59 Å². The molecule has 0 unspecified atom stereocenters. The number of fused-ring (bicyclic) bond motifs is 1. The van der Waals surface area contributed by atoms with Gasteiger partial charge in [-0.2, -0.15) is 5.10 Å². The van der Waals surface area contributed by atoms with Gasteiger partial charge in [-0.25, -0.2) is 4.68 Å². The van der Waals surface area contributed by atoms with Gasteiger partial charge in [0, 0.05) is 38.7 Å². The highest BCUT2D eigenvalue weighted by atomic mass is 16.2. The lowest BCUT2D eigenvalue weighted by Crippen LogP contribution is -2.39. The summed E-state index contributed by atoms with van der Waals surface area (Å²) >= 11 is 0. The Morgan fingerprint density at radius 2 is 2.32 bits per heavy atom. The number of amides is 1. The molecule has 2 heterocycles. The zero-order chi connectivity index (χ0) is 14.0. The van der Waals surface area contributed by atoms with Crippen LogP contribution in [0.4, 0.5) is 0 Å². The quantitative estimate of drug-likeness (QED) is 0.818. The van der Waals surface area contributed by atoms with Crippen LogP contribution in [0.1, 0.15) is 25.1 Å². The van der Waals surface area contributed by atoms with Gasteiger partial charge in [-0.15, -0.1) is 0 Å². The van der Waals surface area contributed by atoms with Gasteiger partial charge in [0.15, 0.2) is 0 Å². The molecule has 0 aliphatic carbocycles. The van der Waals surface area contributed by atoms with Crippen LogP contribution < -0.4 is 10.9 Å². The molecule has 0 radical (unpaired) electrons. The summed E-state index contributed by atoms with van der Waals surface area (Å²) in [6, 6.07) is 1.70. The van der Waals surface area contributed by atoms with Gasteiger partial charge in [0.2, 0.25) is 5.91 Å². The number of carbonyl (C=O) groups excluding carboxylic acids is 1. The Morgan fingerprint density at radius 3 is 3.00 bits per heavy atom. The van der Waals surface area contributed by atoms with E-state index in [1.165, 1.54) is 4.68 Å². The molecule has 0 spiro atoms. The fourth-order valence-electron chi connectivity index (χ4n) is 2.00. The summed E-state index contributed by atoms with van der Waals surface area (Å²) in [6.45, 7) is 5.42. The molecule has 6 heteroatoms. The van der Waals surface area contributed by atoms with Gasteiger partial charge < -0.3 is 10.2 Å². The van der Waals surface area contributed by atoms with Crippen molar-refractivity contribution in [3.05, 3.63) is 27.7 Å². The van der Waals surface area contributed by atoms with E-state index < -0.39 is 0 Å². The predicted molar refractivity (Wildman–Crippen MR) is 71.8 cm³/mol. The van der Waals surface area contributed by atoms with Crippen LogP contribution in [0.3, 0.4) is 0 Å². The summed E-state index contributed by atoms with van der Waals surface area (Å²) in [7, 11) is 1.74.